The van der Waals surface area contributed by atoms with Crippen molar-refractivity contribution in [2.45, 2.75) is 114 Å². The number of carbonyl (C=O) groups excluding carboxylic acids is 6. The first kappa shape index (κ1) is 48.1. The minimum Gasteiger partial charge on any atom is -0.370 e. The first-order chi connectivity index (χ1) is 33.2. The van der Waals surface area contributed by atoms with E-state index in [-0.39, 0.29) is 32.2 Å². The molecule has 358 valence electrons. The van der Waals surface area contributed by atoms with Crippen LogP contribution in [-0.4, -0.2) is 99.8 Å². The number of carbonyl (C=O) groups is 6. The maximum atomic E-state index is 15.0. The molecule has 0 saturated carbocycles. The normalized spacial score (nSPS) is 22.7. The number of aromatic nitrogens is 1. The van der Waals surface area contributed by atoms with Gasteiger partial charge in [0.2, 0.25) is 35.4 Å². The monoisotopic (exact) mass is 931 g/mol. The molecule has 0 radical (unpaired) electrons. The summed E-state index contributed by atoms with van der Waals surface area (Å²) in [7, 11) is 0. The van der Waals surface area contributed by atoms with Gasteiger partial charge in [-0.1, -0.05) is 121 Å². The molecule has 14 heteroatoms. The molecule has 0 aliphatic carbocycles. The number of benzene rings is 5. The summed E-state index contributed by atoms with van der Waals surface area (Å²) in [5.74, 6) is -3.66. The van der Waals surface area contributed by atoms with Crippen LogP contribution in [0.5, 0.6) is 0 Å². The smallest absolute Gasteiger partial charge is 0.246 e. The van der Waals surface area contributed by atoms with Gasteiger partial charge in [-0.05, 0) is 79.6 Å². The van der Waals surface area contributed by atoms with Gasteiger partial charge in [0, 0.05) is 49.3 Å². The lowest BCUT2D eigenvalue weighted by Gasteiger charge is -2.34. The zero-order chi connectivity index (χ0) is 48.7. The van der Waals surface area contributed by atoms with Gasteiger partial charge in [-0.15, -0.1) is 0 Å². The van der Waals surface area contributed by atoms with Crippen molar-refractivity contribution >= 4 is 57.1 Å². The van der Waals surface area contributed by atoms with Gasteiger partial charge in [0.05, 0.1) is 11.7 Å². The van der Waals surface area contributed by atoms with Crippen LogP contribution in [0.1, 0.15) is 62.8 Å². The Morgan fingerprint density at radius 2 is 1.07 bits per heavy atom. The Morgan fingerprint density at radius 1 is 0.551 bits per heavy atom. The van der Waals surface area contributed by atoms with Crippen molar-refractivity contribution < 1.29 is 33.5 Å². The summed E-state index contributed by atoms with van der Waals surface area (Å²) in [6.07, 6.45) is 1.88. The third kappa shape index (κ3) is 11.9. The molecule has 8 rings (SSSR count). The summed E-state index contributed by atoms with van der Waals surface area (Å²) in [5, 5.41) is 17.5. The summed E-state index contributed by atoms with van der Waals surface area (Å²) in [5.41, 5.74) is 3.10. The Labute approximate surface area is 402 Å². The zero-order valence-electron chi connectivity index (χ0n) is 39.5. The average Bonchev–Trinajstić information content (AvgIpc) is 4.00. The molecule has 2 fully saturated rings. The number of fused-ring (bicyclic) bond motifs is 3. The second-order valence-electron chi connectivity index (χ2n) is 19.1. The van der Waals surface area contributed by atoms with Gasteiger partial charge in [0.15, 0.2) is 0 Å². The number of aromatic amines is 1. The van der Waals surface area contributed by atoms with Crippen LogP contribution in [-0.2, 0) is 59.2 Å². The summed E-state index contributed by atoms with van der Waals surface area (Å²) >= 11 is 0. The van der Waals surface area contributed by atoms with E-state index in [4.69, 9.17) is 4.74 Å². The maximum absolute atomic E-state index is 15.0. The first-order valence-electron chi connectivity index (χ1n) is 23.8. The first-order valence-corrected chi connectivity index (χ1v) is 23.8. The highest BCUT2D eigenvalue weighted by atomic mass is 16.5. The molecule has 1 aromatic heterocycles. The van der Waals surface area contributed by atoms with Crippen LogP contribution in [0.4, 0.5) is 0 Å². The molecule has 0 unspecified atom stereocenters. The Bertz CT molecular complexity index is 2800. The minimum absolute atomic E-state index is 0.0192. The summed E-state index contributed by atoms with van der Waals surface area (Å²) in [6.45, 7) is 7.40. The zero-order valence-corrected chi connectivity index (χ0v) is 39.5. The van der Waals surface area contributed by atoms with Crippen LogP contribution in [0.2, 0.25) is 0 Å². The summed E-state index contributed by atoms with van der Waals surface area (Å²) in [4.78, 5) is 94.1. The maximum Gasteiger partial charge on any atom is 0.246 e. The Morgan fingerprint density at radius 3 is 1.74 bits per heavy atom. The van der Waals surface area contributed by atoms with Gasteiger partial charge in [-0.25, -0.2) is 0 Å². The highest BCUT2D eigenvalue weighted by Crippen LogP contribution is 2.25. The van der Waals surface area contributed by atoms with E-state index < -0.39 is 83.4 Å². The lowest BCUT2D eigenvalue weighted by molar-refractivity contribution is -0.144. The van der Waals surface area contributed by atoms with Crippen molar-refractivity contribution in [2.75, 3.05) is 6.54 Å². The lowest BCUT2D eigenvalue weighted by atomic mass is 9.97. The number of para-hydroxylation sites is 1. The number of hydrogen-bond donors (Lipinski definition) is 6. The van der Waals surface area contributed by atoms with Gasteiger partial charge in [0.1, 0.15) is 36.3 Å². The second-order valence-corrected chi connectivity index (χ2v) is 19.1. The standard InChI is InChI=1S/C55H61N7O7/c1-34(69-55(2,3)4)48-53(67)60-46(30-36-19-9-6-10-20-36)54(68)62-28-16-27-47(62)52(66)59-44(31-38-23-15-22-37-21-11-12-24-40(37)38)49(63)58-45(32-39-33-56-42-26-14-13-25-41(39)42)50(64)57-43(51(65)61-48)29-35-17-7-5-8-18-35/h5-15,17-26,33-34,43-48,56H,16,27-32H2,1-4H3,(H,57,64)(H,58,63)(H,59,66)(H,60,67)(H,61,65)/t34-,43+,44+,45-,46+,47+,48+/m1/s1. The fourth-order valence-electron chi connectivity index (χ4n) is 9.59. The average molecular weight is 932 g/mol. The molecule has 2 aliphatic rings. The van der Waals surface area contributed by atoms with E-state index in [1.54, 1.807) is 13.1 Å². The predicted octanol–water partition coefficient (Wildman–Crippen LogP) is 5.22. The Balaban J connectivity index is 1.23. The fourth-order valence-corrected chi connectivity index (χ4v) is 9.59. The van der Waals surface area contributed by atoms with E-state index in [0.717, 1.165) is 43.9 Å². The molecule has 14 nitrogen and oxygen atoms in total. The van der Waals surface area contributed by atoms with Gasteiger partial charge in [-0.3, -0.25) is 28.8 Å². The highest BCUT2D eigenvalue weighted by molar-refractivity contribution is 5.99. The second kappa shape index (κ2) is 21.3. The third-order valence-corrected chi connectivity index (χ3v) is 12.9. The van der Waals surface area contributed by atoms with Gasteiger partial charge < -0.3 is 41.2 Å². The molecule has 6 amide bonds. The number of ether oxygens (including phenoxy) is 1. The molecular formula is C55H61N7O7. The van der Waals surface area contributed by atoms with E-state index in [1.165, 1.54) is 4.90 Å². The summed E-state index contributed by atoms with van der Waals surface area (Å²) < 4.78 is 6.31. The van der Waals surface area contributed by atoms with E-state index in [0.29, 0.717) is 12.8 Å². The molecule has 3 heterocycles. The number of rotatable bonds is 10. The fraction of sp³-hybridized carbons (Fsp3) is 0.345. The van der Waals surface area contributed by atoms with Crippen molar-refractivity contribution in [1.29, 1.82) is 0 Å². The molecule has 7 atom stereocenters. The molecule has 6 aromatic rings. The third-order valence-electron chi connectivity index (χ3n) is 12.9. The molecule has 2 saturated heterocycles. The number of nitrogens with one attached hydrogen (secondary N) is 6. The number of nitrogens with zero attached hydrogens (tertiary/aromatic N) is 1. The van der Waals surface area contributed by atoms with Gasteiger partial charge in [0.25, 0.3) is 0 Å². The minimum atomic E-state index is -1.34. The van der Waals surface area contributed by atoms with Gasteiger partial charge >= 0.3 is 0 Å². The molecule has 0 bridgehead atoms. The molecule has 2 aliphatic heterocycles. The van der Waals surface area contributed by atoms with Crippen LogP contribution in [0.25, 0.3) is 21.7 Å². The largest absolute Gasteiger partial charge is 0.370 e. The van der Waals surface area contributed by atoms with Crippen molar-refractivity contribution in [3.05, 3.63) is 156 Å². The van der Waals surface area contributed by atoms with Crippen LogP contribution >= 0.6 is 0 Å². The number of H-pyrrole nitrogens is 1. The SMILES string of the molecule is C[C@@H](OC(C)(C)C)[C@@H]1NC(=O)[C@H](Cc2ccccc2)NC(=O)[C@@H](Cc2c[nH]c3ccccc23)NC(=O)[C@H](Cc2cccc3ccccc23)NC(=O)[C@@H]2CCCN2C(=O)[C@H](Cc2ccccc2)NC1=O. The Kier molecular flexibility index (Phi) is 14.9. The highest BCUT2D eigenvalue weighted by Gasteiger charge is 2.42. The molecule has 69 heavy (non-hydrogen) atoms. The van der Waals surface area contributed by atoms with Gasteiger partial charge in [-0.2, -0.15) is 0 Å². The topological polar surface area (TPSA) is 191 Å². The summed E-state index contributed by atoms with van der Waals surface area (Å²) in [6, 6.07) is 32.3. The van der Waals surface area contributed by atoms with E-state index in [1.807, 2.05) is 148 Å². The molecule has 6 N–H and O–H groups in total. The number of amides is 6. The quantitative estimate of drug-likeness (QED) is 0.109. The van der Waals surface area contributed by atoms with Crippen molar-refractivity contribution in [1.82, 2.24) is 36.5 Å². The number of hydrogen-bond acceptors (Lipinski definition) is 7. The molecule has 0 spiro atoms. The van der Waals surface area contributed by atoms with Crippen LogP contribution in [0.3, 0.4) is 0 Å². The van der Waals surface area contributed by atoms with Crippen molar-refractivity contribution in [2.24, 2.45) is 0 Å². The van der Waals surface area contributed by atoms with Crippen LogP contribution in [0.15, 0.2) is 134 Å². The molecule has 5 aromatic carbocycles. The van der Waals surface area contributed by atoms with Crippen LogP contribution in [0, 0.1) is 0 Å². The Hall–Kier alpha value is -7.32. The van der Waals surface area contributed by atoms with E-state index in [9.17, 15) is 24.0 Å². The van der Waals surface area contributed by atoms with E-state index >= 15 is 4.79 Å². The van der Waals surface area contributed by atoms with Crippen molar-refractivity contribution in [3.63, 3.8) is 0 Å². The van der Waals surface area contributed by atoms with E-state index in [2.05, 4.69) is 31.6 Å². The lowest BCUT2D eigenvalue weighted by Crippen LogP contribution is -2.63. The predicted molar refractivity (Wildman–Crippen MR) is 265 cm³/mol. The molecular weight excluding hydrogens is 871 g/mol. The van der Waals surface area contributed by atoms with Crippen molar-refractivity contribution in [3.8, 4) is 0 Å². The van der Waals surface area contributed by atoms with Crippen LogP contribution < -0.4 is 26.6 Å².